The molecule has 0 radical (unpaired) electrons. The number of rotatable bonds is 3. The number of hydrogen-bond donors (Lipinski definition) is 1. The molecule has 7 heteroatoms. The van der Waals surface area contributed by atoms with Gasteiger partial charge in [0.2, 0.25) is 11.6 Å². The summed E-state index contributed by atoms with van der Waals surface area (Å²) in [4.78, 5) is 14.2. The Bertz CT molecular complexity index is 646. The van der Waals surface area contributed by atoms with Crippen LogP contribution in [0, 0.1) is 22.9 Å². The van der Waals surface area contributed by atoms with E-state index in [0.29, 0.717) is 11.4 Å². The minimum absolute atomic E-state index is 0.111. The summed E-state index contributed by atoms with van der Waals surface area (Å²) in [6.45, 7) is 1.67. The second kappa shape index (κ2) is 4.89. The number of nitrogens with two attached hydrogens (primary N) is 1. The zero-order valence-corrected chi connectivity index (χ0v) is 9.96. The maximum atomic E-state index is 13.1. The number of aromatic nitrogens is 1. The molecule has 1 heterocycles. The Hall–Kier alpha value is -2.70. The van der Waals surface area contributed by atoms with Gasteiger partial charge in [-0.15, -0.1) is 0 Å². The zero-order valence-electron chi connectivity index (χ0n) is 9.96. The lowest BCUT2D eigenvalue weighted by atomic mass is 10.3. The first-order valence-electron chi connectivity index (χ1n) is 5.32. The molecule has 2 rings (SSSR count). The molecule has 2 N–H and O–H groups in total. The van der Waals surface area contributed by atoms with Crippen LogP contribution < -0.4 is 10.5 Å². The topological polar surface area (TPSA) is 91.3 Å². The van der Waals surface area contributed by atoms with E-state index in [4.69, 9.17) is 10.5 Å². The molecule has 0 aliphatic heterocycles. The summed E-state index contributed by atoms with van der Waals surface area (Å²) < 4.78 is 18.4. The molecule has 0 aliphatic carbocycles. The van der Waals surface area contributed by atoms with E-state index in [1.807, 2.05) is 0 Å². The first kappa shape index (κ1) is 12.7. The van der Waals surface area contributed by atoms with Gasteiger partial charge in [-0.1, -0.05) is 0 Å². The summed E-state index contributed by atoms with van der Waals surface area (Å²) in [6.07, 6.45) is 0. The first-order valence-corrected chi connectivity index (χ1v) is 5.32. The fraction of sp³-hybridized carbons (Fsp3) is 0.0833. The van der Waals surface area contributed by atoms with Crippen molar-refractivity contribution in [1.82, 2.24) is 4.98 Å². The third kappa shape index (κ3) is 2.76. The maximum Gasteiger partial charge on any atom is 0.311 e. The van der Waals surface area contributed by atoms with Crippen LogP contribution in [0.25, 0.3) is 0 Å². The third-order valence-electron chi connectivity index (χ3n) is 2.43. The Balaban J connectivity index is 2.39. The molecule has 0 aliphatic rings. The molecule has 0 saturated carbocycles. The van der Waals surface area contributed by atoms with Crippen LogP contribution in [0.5, 0.6) is 11.6 Å². The highest BCUT2D eigenvalue weighted by atomic mass is 19.1. The highest BCUT2D eigenvalue weighted by Gasteiger charge is 2.17. The lowest BCUT2D eigenvalue weighted by Crippen LogP contribution is -1.98. The summed E-state index contributed by atoms with van der Waals surface area (Å²) in [5, 5.41) is 10.8. The number of halogens is 1. The Morgan fingerprint density at radius 1 is 1.37 bits per heavy atom. The fourth-order valence-electron chi connectivity index (χ4n) is 1.44. The van der Waals surface area contributed by atoms with Crippen molar-refractivity contribution in [3.05, 3.63) is 52.0 Å². The van der Waals surface area contributed by atoms with Crippen LogP contribution >= 0.6 is 0 Å². The Morgan fingerprint density at radius 2 is 2.11 bits per heavy atom. The van der Waals surface area contributed by atoms with E-state index in [9.17, 15) is 14.5 Å². The molecule has 0 saturated heterocycles. The number of aryl methyl sites for hydroxylation is 1. The van der Waals surface area contributed by atoms with Gasteiger partial charge in [-0.05, 0) is 19.1 Å². The minimum atomic E-state index is -0.654. The molecule has 0 unspecified atom stereocenters. The molecule has 2 aromatic rings. The monoisotopic (exact) mass is 263 g/mol. The Morgan fingerprint density at radius 3 is 2.74 bits per heavy atom. The van der Waals surface area contributed by atoms with Crippen molar-refractivity contribution in [3.63, 3.8) is 0 Å². The predicted molar refractivity (Wildman–Crippen MR) is 66.5 cm³/mol. The van der Waals surface area contributed by atoms with Crippen molar-refractivity contribution in [1.29, 1.82) is 0 Å². The molecule has 0 atom stereocenters. The summed E-state index contributed by atoms with van der Waals surface area (Å²) >= 11 is 0. The molecular weight excluding hydrogens is 253 g/mol. The summed E-state index contributed by atoms with van der Waals surface area (Å²) in [5.74, 6) is -0.727. The van der Waals surface area contributed by atoms with Crippen LogP contribution in [0.4, 0.5) is 15.8 Å². The number of benzene rings is 1. The molecule has 1 aromatic heterocycles. The van der Waals surface area contributed by atoms with Gasteiger partial charge in [-0.2, -0.15) is 0 Å². The van der Waals surface area contributed by atoms with Gasteiger partial charge >= 0.3 is 5.69 Å². The van der Waals surface area contributed by atoms with Gasteiger partial charge in [0.15, 0.2) is 0 Å². The zero-order chi connectivity index (χ0) is 14.0. The van der Waals surface area contributed by atoms with Gasteiger partial charge < -0.3 is 10.5 Å². The normalized spacial score (nSPS) is 10.2. The van der Waals surface area contributed by atoms with Crippen LogP contribution in [0.2, 0.25) is 0 Å². The third-order valence-corrected chi connectivity index (χ3v) is 2.43. The summed E-state index contributed by atoms with van der Waals surface area (Å²) in [6, 6.07) is 5.98. The maximum absolute atomic E-state index is 13.1. The molecule has 1 aromatic carbocycles. The molecule has 0 bridgehead atoms. The molecule has 0 fully saturated rings. The second-order valence-corrected chi connectivity index (χ2v) is 3.80. The van der Waals surface area contributed by atoms with Gasteiger partial charge in [-0.25, -0.2) is 9.37 Å². The standard InChI is InChI=1S/C12H10FN3O3/c1-7-9(14)3-5-12(15-7)19-11-6-8(13)2-4-10(11)16(17)18/h2-6H,14H2,1H3. The summed E-state index contributed by atoms with van der Waals surface area (Å²) in [7, 11) is 0. The number of anilines is 1. The van der Waals surface area contributed by atoms with E-state index >= 15 is 0 Å². The number of nitrogens with zero attached hydrogens (tertiary/aromatic N) is 2. The minimum Gasteiger partial charge on any atom is -0.432 e. The highest BCUT2D eigenvalue weighted by molar-refractivity contribution is 5.49. The number of ether oxygens (including phenoxy) is 1. The Kier molecular flexibility index (Phi) is 3.28. The lowest BCUT2D eigenvalue weighted by Gasteiger charge is -2.07. The van der Waals surface area contributed by atoms with E-state index in [0.717, 1.165) is 18.2 Å². The molecule has 98 valence electrons. The number of nitro benzene ring substituents is 1. The highest BCUT2D eigenvalue weighted by Crippen LogP contribution is 2.31. The summed E-state index contributed by atoms with van der Waals surface area (Å²) in [5.41, 5.74) is 6.26. The van der Waals surface area contributed by atoms with Crippen LogP contribution in [0.3, 0.4) is 0 Å². The molecule has 0 amide bonds. The van der Waals surface area contributed by atoms with Gasteiger partial charge in [0.25, 0.3) is 0 Å². The molecular formula is C12H10FN3O3. The molecule has 6 nitrogen and oxygen atoms in total. The van der Waals surface area contributed by atoms with Crippen LogP contribution in [-0.2, 0) is 0 Å². The van der Waals surface area contributed by atoms with Crippen molar-refractivity contribution in [2.45, 2.75) is 6.92 Å². The van der Waals surface area contributed by atoms with Crippen molar-refractivity contribution in [3.8, 4) is 11.6 Å². The molecule has 19 heavy (non-hydrogen) atoms. The average Bonchev–Trinajstić information content (AvgIpc) is 2.33. The van der Waals surface area contributed by atoms with Gasteiger partial charge in [-0.3, -0.25) is 10.1 Å². The first-order chi connectivity index (χ1) is 8.97. The number of hydrogen-bond acceptors (Lipinski definition) is 5. The lowest BCUT2D eigenvalue weighted by molar-refractivity contribution is -0.385. The second-order valence-electron chi connectivity index (χ2n) is 3.80. The Labute approximate surface area is 107 Å². The SMILES string of the molecule is Cc1nc(Oc2cc(F)ccc2[N+](=O)[O-])ccc1N. The fourth-order valence-corrected chi connectivity index (χ4v) is 1.44. The largest absolute Gasteiger partial charge is 0.432 e. The van der Waals surface area contributed by atoms with E-state index in [-0.39, 0.29) is 17.3 Å². The number of nitro groups is 1. The van der Waals surface area contributed by atoms with Crippen molar-refractivity contribution >= 4 is 11.4 Å². The number of pyridine rings is 1. The van der Waals surface area contributed by atoms with E-state index < -0.39 is 10.7 Å². The van der Waals surface area contributed by atoms with E-state index in [2.05, 4.69) is 4.98 Å². The van der Waals surface area contributed by atoms with Gasteiger partial charge in [0, 0.05) is 18.2 Å². The van der Waals surface area contributed by atoms with E-state index in [1.165, 1.54) is 6.07 Å². The van der Waals surface area contributed by atoms with E-state index in [1.54, 1.807) is 13.0 Å². The predicted octanol–water partition coefficient (Wildman–Crippen LogP) is 2.81. The smallest absolute Gasteiger partial charge is 0.311 e. The molecule has 0 spiro atoms. The average molecular weight is 263 g/mol. The quantitative estimate of drug-likeness (QED) is 0.679. The van der Waals surface area contributed by atoms with Gasteiger partial charge in [0.05, 0.1) is 16.3 Å². The van der Waals surface area contributed by atoms with Crippen molar-refractivity contribution < 1.29 is 14.1 Å². The van der Waals surface area contributed by atoms with Crippen molar-refractivity contribution in [2.24, 2.45) is 0 Å². The van der Waals surface area contributed by atoms with Crippen LogP contribution in [0.1, 0.15) is 5.69 Å². The van der Waals surface area contributed by atoms with Gasteiger partial charge in [0.1, 0.15) is 5.82 Å². The van der Waals surface area contributed by atoms with Crippen LogP contribution in [-0.4, -0.2) is 9.91 Å². The van der Waals surface area contributed by atoms with Crippen LogP contribution in [0.15, 0.2) is 30.3 Å². The van der Waals surface area contributed by atoms with Crippen molar-refractivity contribution in [2.75, 3.05) is 5.73 Å². The number of nitrogen functional groups attached to an aromatic ring is 1.